The number of oxazole rings is 1. The van der Waals surface area contributed by atoms with E-state index in [1.807, 2.05) is 0 Å². The van der Waals surface area contributed by atoms with Gasteiger partial charge in [-0.1, -0.05) is 32.1 Å². The van der Waals surface area contributed by atoms with E-state index in [2.05, 4.69) is 41.0 Å². The maximum Gasteiger partial charge on any atom is 0.229 e. The first-order chi connectivity index (χ1) is 14.8. The van der Waals surface area contributed by atoms with Crippen molar-refractivity contribution < 1.29 is 13.9 Å². The molecule has 0 spiro atoms. The number of carbonyl (C=O) groups excluding carboxylic acids is 1. The zero-order chi connectivity index (χ0) is 22.3. The van der Waals surface area contributed by atoms with Crippen LogP contribution < -0.4 is 11.1 Å². The summed E-state index contributed by atoms with van der Waals surface area (Å²) in [6.07, 6.45) is 5.31. The highest BCUT2D eigenvalue weighted by molar-refractivity contribution is 8.00. The third-order valence-electron chi connectivity index (χ3n) is 5.12. The molecule has 0 atom stereocenters. The molecule has 3 heterocycles. The Balaban J connectivity index is 1.39. The molecule has 1 saturated heterocycles. The normalized spacial score (nSPS) is 16.0. The number of amides is 1. The summed E-state index contributed by atoms with van der Waals surface area (Å²) in [6.45, 7) is 10.9. The van der Waals surface area contributed by atoms with Crippen LogP contribution in [-0.2, 0) is 20.7 Å². The Labute approximate surface area is 192 Å². The molecule has 0 aromatic carbocycles. The zero-order valence-corrected chi connectivity index (χ0v) is 20.2. The van der Waals surface area contributed by atoms with Gasteiger partial charge in [0.05, 0.1) is 35.6 Å². The summed E-state index contributed by atoms with van der Waals surface area (Å²) in [5.41, 5.74) is 5.38. The van der Waals surface area contributed by atoms with Crippen LogP contribution in [0, 0.1) is 5.92 Å². The average molecular weight is 468 g/mol. The minimum absolute atomic E-state index is 0.0318. The molecule has 8 nitrogen and oxygen atoms in total. The van der Waals surface area contributed by atoms with Gasteiger partial charge in [-0.2, -0.15) is 0 Å². The number of rotatable bonds is 10. The Kier molecular flexibility index (Phi) is 8.91. The summed E-state index contributed by atoms with van der Waals surface area (Å²) in [6, 6.07) is 0. The van der Waals surface area contributed by atoms with Gasteiger partial charge in [-0.3, -0.25) is 4.79 Å². The molecule has 1 aliphatic rings. The van der Waals surface area contributed by atoms with E-state index in [4.69, 9.17) is 14.9 Å². The number of ether oxygens (including phenoxy) is 1. The summed E-state index contributed by atoms with van der Waals surface area (Å²) in [7, 11) is 0. The second-order valence-electron chi connectivity index (χ2n) is 8.65. The fraction of sp³-hybridized carbons (Fsp3) is 0.667. The summed E-state index contributed by atoms with van der Waals surface area (Å²) >= 11 is 3.10. The Morgan fingerprint density at radius 2 is 2.10 bits per heavy atom. The molecule has 2 aromatic rings. The second kappa shape index (κ2) is 11.4. The van der Waals surface area contributed by atoms with Crippen molar-refractivity contribution in [3.63, 3.8) is 0 Å². The predicted octanol–water partition coefficient (Wildman–Crippen LogP) is 3.35. The lowest BCUT2D eigenvalue weighted by molar-refractivity contribution is -0.121. The van der Waals surface area contributed by atoms with Crippen LogP contribution >= 0.6 is 23.1 Å². The standard InChI is InChI=1S/C21H33N5O3S2/c1-21(2,3)16-12-23-17(29-16)14-30-18-13-24-20(31-18)25-19(27)15-4-7-26(8-5-15)9-11-28-10-6-22/h12-13,15H,4-11,14,22H2,1-3H3,(H,24,25,27). The van der Waals surface area contributed by atoms with Gasteiger partial charge < -0.3 is 25.1 Å². The zero-order valence-electron chi connectivity index (χ0n) is 18.6. The van der Waals surface area contributed by atoms with E-state index in [0.29, 0.717) is 36.5 Å². The first-order valence-electron chi connectivity index (χ1n) is 10.7. The first kappa shape index (κ1) is 24.2. The highest BCUT2D eigenvalue weighted by atomic mass is 32.2. The number of likely N-dealkylation sites (tertiary alicyclic amines) is 1. The molecule has 0 bridgehead atoms. The van der Waals surface area contributed by atoms with Gasteiger partial charge in [-0.25, -0.2) is 9.97 Å². The van der Waals surface area contributed by atoms with Gasteiger partial charge in [0.15, 0.2) is 5.13 Å². The lowest BCUT2D eigenvalue weighted by Crippen LogP contribution is -2.39. The van der Waals surface area contributed by atoms with Crippen molar-refractivity contribution in [1.82, 2.24) is 14.9 Å². The largest absolute Gasteiger partial charge is 0.444 e. The van der Waals surface area contributed by atoms with Gasteiger partial charge in [0.1, 0.15) is 5.76 Å². The maximum atomic E-state index is 12.6. The van der Waals surface area contributed by atoms with Gasteiger partial charge >= 0.3 is 0 Å². The molecule has 2 aromatic heterocycles. The van der Waals surface area contributed by atoms with Crippen molar-refractivity contribution in [2.45, 2.75) is 49.0 Å². The van der Waals surface area contributed by atoms with Crippen LogP contribution in [0.25, 0.3) is 0 Å². The summed E-state index contributed by atoms with van der Waals surface area (Å²) in [4.78, 5) is 23.7. The number of hydrogen-bond donors (Lipinski definition) is 2. The SMILES string of the molecule is CC(C)(C)c1cnc(CSc2cnc(NC(=O)C3CCN(CCOCCN)CC3)s2)o1. The molecular formula is C21H33N5O3S2. The average Bonchev–Trinajstić information content (AvgIpc) is 3.39. The Hall–Kier alpha value is -1.46. The number of nitrogens with zero attached hydrogens (tertiary/aromatic N) is 3. The quantitative estimate of drug-likeness (QED) is 0.405. The number of piperidine rings is 1. The molecule has 1 amide bonds. The number of aromatic nitrogens is 2. The number of anilines is 1. The van der Waals surface area contributed by atoms with Gasteiger partial charge in [-0.15, -0.1) is 11.8 Å². The molecule has 31 heavy (non-hydrogen) atoms. The number of nitrogens with two attached hydrogens (primary N) is 1. The summed E-state index contributed by atoms with van der Waals surface area (Å²) < 4.78 is 12.3. The highest BCUT2D eigenvalue weighted by Crippen LogP contribution is 2.32. The van der Waals surface area contributed by atoms with E-state index in [0.717, 1.165) is 42.4 Å². The number of nitrogens with one attached hydrogen (secondary N) is 1. The molecule has 0 radical (unpaired) electrons. The third kappa shape index (κ3) is 7.57. The van der Waals surface area contributed by atoms with Crippen LogP contribution in [0.2, 0.25) is 0 Å². The molecule has 1 aliphatic heterocycles. The van der Waals surface area contributed by atoms with Crippen LogP contribution in [0.15, 0.2) is 21.0 Å². The Morgan fingerprint density at radius 3 is 2.77 bits per heavy atom. The molecule has 0 unspecified atom stereocenters. The third-order valence-corrected chi connectivity index (χ3v) is 7.21. The highest BCUT2D eigenvalue weighted by Gasteiger charge is 2.25. The molecule has 1 fully saturated rings. The minimum atomic E-state index is -0.0493. The van der Waals surface area contributed by atoms with Crippen molar-refractivity contribution in [3.05, 3.63) is 24.0 Å². The van der Waals surface area contributed by atoms with Gasteiger partial charge in [0.25, 0.3) is 0 Å². The lowest BCUT2D eigenvalue weighted by Gasteiger charge is -2.30. The van der Waals surface area contributed by atoms with E-state index in [1.165, 1.54) is 11.3 Å². The van der Waals surface area contributed by atoms with E-state index >= 15 is 0 Å². The topological polar surface area (TPSA) is 107 Å². The Bertz CT molecular complexity index is 825. The first-order valence-corrected chi connectivity index (χ1v) is 12.5. The van der Waals surface area contributed by atoms with Crippen LogP contribution in [0.4, 0.5) is 5.13 Å². The van der Waals surface area contributed by atoms with E-state index in [1.54, 1.807) is 24.2 Å². The molecule has 0 aliphatic carbocycles. The molecule has 3 rings (SSSR count). The predicted molar refractivity (Wildman–Crippen MR) is 125 cm³/mol. The summed E-state index contributed by atoms with van der Waals surface area (Å²) in [5, 5.41) is 3.63. The minimum Gasteiger partial charge on any atom is -0.444 e. The van der Waals surface area contributed by atoms with Crippen molar-refractivity contribution in [1.29, 1.82) is 0 Å². The molecule has 172 valence electrons. The number of carbonyl (C=O) groups is 1. The molecule has 0 saturated carbocycles. The smallest absolute Gasteiger partial charge is 0.229 e. The number of thiazole rings is 1. The van der Waals surface area contributed by atoms with Crippen LogP contribution in [0.5, 0.6) is 0 Å². The van der Waals surface area contributed by atoms with Crippen molar-refractivity contribution >= 4 is 34.1 Å². The number of hydrogen-bond acceptors (Lipinski definition) is 9. The van der Waals surface area contributed by atoms with Gasteiger partial charge in [-0.05, 0) is 25.9 Å². The van der Waals surface area contributed by atoms with Gasteiger partial charge in [0.2, 0.25) is 11.8 Å². The molecular weight excluding hydrogens is 434 g/mol. The number of thioether (sulfide) groups is 1. The monoisotopic (exact) mass is 467 g/mol. The fourth-order valence-corrected chi connectivity index (χ4v) is 4.97. The van der Waals surface area contributed by atoms with E-state index in [9.17, 15) is 4.79 Å². The van der Waals surface area contributed by atoms with Crippen LogP contribution in [-0.4, -0.2) is 60.2 Å². The maximum absolute atomic E-state index is 12.6. The Morgan fingerprint density at radius 1 is 1.32 bits per heavy atom. The molecule has 10 heteroatoms. The van der Waals surface area contributed by atoms with Crippen LogP contribution in [0.1, 0.15) is 45.3 Å². The van der Waals surface area contributed by atoms with Crippen molar-refractivity contribution in [3.8, 4) is 0 Å². The fourth-order valence-electron chi connectivity index (χ4n) is 3.25. The van der Waals surface area contributed by atoms with E-state index in [-0.39, 0.29) is 17.2 Å². The van der Waals surface area contributed by atoms with E-state index < -0.39 is 0 Å². The second-order valence-corrected chi connectivity index (χ2v) is 11.0. The van der Waals surface area contributed by atoms with Crippen LogP contribution in [0.3, 0.4) is 0 Å². The lowest BCUT2D eigenvalue weighted by atomic mass is 9.94. The van der Waals surface area contributed by atoms with Gasteiger partial charge in [0, 0.05) is 24.4 Å². The van der Waals surface area contributed by atoms with Crippen molar-refractivity contribution in [2.75, 3.05) is 44.7 Å². The molecule has 3 N–H and O–H groups in total. The van der Waals surface area contributed by atoms with Crippen molar-refractivity contribution in [2.24, 2.45) is 11.7 Å². The summed E-state index contributed by atoms with van der Waals surface area (Å²) in [5.74, 6) is 2.32.